The molecule has 0 saturated carbocycles. The lowest BCUT2D eigenvalue weighted by molar-refractivity contribution is -0.169. The Bertz CT molecular complexity index is 584. The van der Waals surface area contributed by atoms with Crippen LogP contribution in [0.1, 0.15) is 13.8 Å². The van der Waals surface area contributed by atoms with Crippen LogP contribution in [0.2, 0.25) is 0 Å². The van der Waals surface area contributed by atoms with E-state index in [0.717, 1.165) is 23.9 Å². The highest BCUT2D eigenvalue weighted by molar-refractivity contribution is 5.80. The van der Waals surface area contributed by atoms with Crippen molar-refractivity contribution in [3.05, 3.63) is 0 Å². The largest absolute Gasteiger partial charge is 0.480 e. The number of nitrogens with zero attached hydrogens (tertiary/aromatic N) is 4. The number of amides is 2. The maximum absolute atomic E-state index is 11.7. The first-order valence-corrected chi connectivity index (χ1v) is 7.78. The van der Waals surface area contributed by atoms with Gasteiger partial charge < -0.3 is 20.4 Å². The Morgan fingerprint density at radius 2 is 0.786 bits per heavy atom. The van der Waals surface area contributed by atoms with Gasteiger partial charge in [0.15, 0.2) is 0 Å². The molecule has 158 valence electrons. The van der Waals surface area contributed by atoms with Crippen LogP contribution in [0, 0.1) is 0 Å². The molecule has 0 radical (unpaired) electrons. The van der Waals surface area contributed by atoms with Crippen molar-refractivity contribution in [1.82, 2.24) is 20.0 Å². The summed E-state index contributed by atoms with van der Waals surface area (Å²) in [6.45, 7) is -1.98. The lowest BCUT2D eigenvalue weighted by atomic mass is 10.4. The number of hydrogen-bond donors (Lipinski definition) is 4. The third kappa shape index (κ3) is 9.44. The summed E-state index contributed by atoms with van der Waals surface area (Å²) in [4.78, 5) is 67.4. The quantitative estimate of drug-likeness (QED) is 0.234. The molecule has 14 nitrogen and oxygen atoms in total. The highest BCUT2D eigenvalue weighted by Gasteiger charge is 2.27. The Hall–Kier alpha value is -3.26. The summed E-state index contributed by atoms with van der Waals surface area (Å²) < 4.78 is 0. The highest BCUT2D eigenvalue weighted by atomic mass is 16.4. The van der Waals surface area contributed by atoms with Crippen LogP contribution in [0.5, 0.6) is 0 Å². The van der Waals surface area contributed by atoms with Crippen molar-refractivity contribution in [3.8, 4) is 0 Å². The number of carbonyl (C=O) groups is 6. The van der Waals surface area contributed by atoms with Gasteiger partial charge in [-0.15, -0.1) is 0 Å². The molecule has 0 aromatic rings. The van der Waals surface area contributed by atoms with Crippen molar-refractivity contribution in [2.45, 2.75) is 13.8 Å². The summed E-state index contributed by atoms with van der Waals surface area (Å²) >= 11 is 0. The normalized spacial score (nSPS) is 10.6. The van der Waals surface area contributed by atoms with Crippen LogP contribution in [0.15, 0.2) is 0 Å². The Balaban J connectivity index is 5.59. The molecule has 4 N–H and O–H groups in total. The van der Waals surface area contributed by atoms with E-state index < -0.39 is 61.9 Å². The molecule has 0 aromatic carbocycles. The van der Waals surface area contributed by atoms with Crippen molar-refractivity contribution in [2.75, 3.05) is 39.3 Å². The second-order valence-electron chi connectivity index (χ2n) is 5.50. The molecule has 28 heavy (non-hydrogen) atoms. The van der Waals surface area contributed by atoms with E-state index in [1.165, 1.54) is 0 Å². The Kier molecular flexibility index (Phi) is 10.1. The zero-order valence-corrected chi connectivity index (χ0v) is 15.3. The zero-order chi connectivity index (χ0) is 22.0. The van der Waals surface area contributed by atoms with Gasteiger partial charge >= 0.3 is 23.9 Å². The minimum Gasteiger partial charge on any atom is -0.480 e. The first-order chi connectivity index (χ1) is 12.8. The number of aliphatic carboxylic acids is 4. The van der Waals surface area contributed by atoms with E-state index in [-0.39, 0.29) is 13.1 Å². The van der Waals surface area contributed by atoms with Crippen molar-refractivity contribution in [1.29, 1.82) is 0 Å². The Morgan fingerprint density at radius 1 is 0.536 bits per heavy atom. The number of carboxylic acids is 4. The Labute approximate surface area is 159 Å². The molecule has 0 bridgehead atoms. The van der Waals surface area contributed by atoms with Crippen molar-refractivity contribution >= 4 is 35.7 Å². The molecule has 14 heteroatoms. The molecule has 0 heterocycles. The van der Waals surface area contributed by atoms with E-state index in [1.54, 1.807) is 0 Å². The average Bonchev–Trinajstić information content (AvgIpc) is 2.51. The van der Waals surface area contributed by atoms with Crippen LogP contribution in [-0.4, -0.2) is 115 Å². The molecule has 0 spiro atoms. The van der Waals surface area contributed by atoms with Crippen LogP contribution in [0.3, 0.4) is 0 Å². The molecule has 0 unspecified atom stereocenters. The number of rotatable bonds is 13. The topological polar surface area (TPSA) is 196 Å². The average molecular weight is 406 g/mol. The molecule has 0 aliphatic rings. The highest BCUT2D eigenvalue weighted by Crippen LogP contribution is 2.05. The van der Waals surface area contributed by atoms with Gasteiger partial charge in [-0.3, -0.25) is 38.8 Å². The van der Waals surface area contributed by atoms with Gasteiger partial charge in [0.25, 0.3) is 0 Å². The molecule has 0 fully saturated rings. The fraction of sp³-hybridized carbons (Fsp3) is 0.571. The van der Waals surface area contributed by atoms with Gasteiger partial charge in [-0.05, 0) is 0 Å². The summed E-state index contributed by atoms with van der Waals surface area (Å²) in [7, 11) is 0. The second kappa shape index (κ2) is 11.5. The maximum atomic E-state index is 11.7. The zero-order valence-electron chi connectivity index (χ0n) is 15.3. The van der Waals surface area contributed by atoms with Gasteiger partial charge in [0, 0.05) is 26.9 Å². The van der Waals surface area contributed by atoms with Gasteiger partial charge in [0.2, 0.25) is 11.8 Å². The van der Waals surface area contributed by atoms with Gasteiger partial charge in [-0.25, -0.2) is 10.0 Å². The van der Waals surface area contributed by atoms with Gasteiger partial charge in [-0.2, -0.15) is 0 Å². The van der Waals surface area contributed by atoms with Crippen LogP contribution in [0.25, 0.3) is 0 Å². The van der Waals surface area contributed by atoms with Crippen molar-refractivity contribution < 1.29 is 49.2 Å². The molecule has 0 saturated heterocycles. The van der Waals surface area contributed by atoms with Crippen LogP contribution in [-0.2, 0) is 28.8 Å². The number of carbonyl (C=O) groups excluding carboxylic acids is 2. The third-order valence-electron chi connectivity index (χ3n) is 3.23. The van der Waals surface area contributed by atoms with Gasteiger partial charge in [0.1, 0.15) is 26.2 Å². The Morgan fingerprint density at radius 3 is 0.964 bits per heavy atom. The van der Waals surface area contributed by atoms with E-state index in [9.17, 15) is 28.8 Å². The van der Waals surface area contributed by atoms with E-state index >= 15 is 0 Å². The van der Waals surface area contributed by atoms with Crippen molar-refractivity contribution in [3.63, 3.8) is 0 Å². The van der Waals surface area contributed by atoms with Crippen LogP contribution < -0.4 is 0 Å². The summed E-state index contributed by atoms with van der Waals surface area (Å²) in [6.07, 6.45) is 0. The maximum Gasteiger partial charge on any atom is 0.324 e. The standard InChI is InChI=1S/C14H22N4O10/c1-9(19)17(7-13(25)26)15(5-11(21)22)3-4-16(6-12(23)24)18(10(2)20)8-14(27)28/h3-8H2,1-2H3,(H,21,22)(H,23,24)(H,25,26)(H,27,28). The number of carboxylic acid groups (broad SMARTS) is 4. The summed E-state index contributed by atoms with van der Waals surface area (Å²) in [5.41, 5.74) is 0. The summed E-state index contributed by atoms with van der Waals surface area (Å²) in [5.74, 6) is -7.16. The number of hydrogen-bond acceptors (Lipinski definition) is 8. The molecule has 0 aliphatic carbocycles. The smallest absolute Gasteiger partial charge is 0.324 e. The van der Waals surface area contributed by atoms with Gasteiger partial charge in [-0.1, -0.05) is 0 Å². The summed E-state index contributed by atoms with van der Waals surface area (Å²) in [5, 5.41) is 38.8. The molecule has 0 aromatic heterocycles. The van der Waals surface area contributed by atoms with Crippen molar-refractivity contribution in [2.24, 2.45) is 0 Å². The van der Waals surface area contributed by atoms with E-state index in [2.05, 4.69) is 0 Å². The predicted molar refractivity (Wildman–Crippen MR) is 88.5 cm³/mol. The first-order valence-electron chi connectivity index (χ1n) is 7.78. The fourth-order valence-corrected chi connectivity index (χ4v) is 2.19. The SMILES string of the molecule is CC(=O)N(CC(=O)O)N(CCN(CC(=O)O)N(CC(=O)O)C(C)=O)CC(=O)O. The first kappa shape index (κ1) is 24.7. The number of hydrazine groups is 2. The minimum atomic E-state index is -1.41. The lowest BCUT2D eigenvalue weighted by Gasteiger charge is -2.36. The molecule has 0 rings (SSSR count). The van der Waals surface area contributed by atoms with E-state index in [0.29, 0.717) is 10.0 Å². The third-order valence-corrected chi connectivity index (χ3v) is 3.23. The van der Waals surface area contributed by atoms with Crippen LogP contribution >= 0.6 is 0 Å². The monoisotopic (exact) mass is 406 g/mol. The van der Waals surface area contributed by atoms with E-state index in [4.69, 9.17) is 20.4 Å². The molecular weight excluding hydrogens is 384 g/mol. The predicted octanol–water partition coefficient (Wildman–Crippen LogP) is -2.54. The molecular formula is C14H22N4O10. The van der Waals surface area contributed by atoms with E-state index in [1.807, 2.05) is 0 Å². The second-order valence-corrected chi connectivity index (χ2v) is 5.50. The molecule has 0 atom stereocenters. The molecule has 0 aliphatic heterocycles. The van der Waals surface area contributed by atoms with Crippen LogP contribution in [0.4, 0.5) is 0 Å². The minimum absolute atomic E-state index is 0.379. The van der Waals surface area contributed by atoms with Gasteiger partial charge in [0.05, 0.1) is 0 Å². The molecule has 2 amide bonds. The fourth-order valence-electron chi connectivity index (χ4n) is 2.19. The summed E-state index contributed by atoms with van der Waals surface area (Å²) in [6, 6.07) is 0. The lowest BCUT2D eigenvalue weighted by Crippen LogP contribution is -2.56.